The van der Waals surface area contributed by atoms with Crippen molar-refractivity contribution in [1.29, 1.82) is 0 Å². The molecule has 1 aromatic carbocycles. The SMILES string of the molecule is CC(C)(C)[S+]([O-])/N=C/c1c(F)cccc1Cl. The molecular weight excluding hydrogens is 249 g/mol. The van der Waals surface area contributed by atoms with Crippen molar-refractivity contribution in [2.75, 3.05) is 0 Å². The van der Waals surface area contributed by atoms with Gasteiger partial charge in [-0.2, -0.15) is 0 Å². The van der Waals surface area contributed by atoms with Crippen LogP contribution in [0.1, 0.15) is 26.3 Å². The molecule has 0 aliphatic rings. The van der Waals surface area contributed by atoms with Crippen LogP contribution in [0.15, 0.2) is 22.6 Å². The molecule has 2 nitrogen and oxygen atoms in total. The summed E-state index contributed by atoms with van der Waals surface area (Å²) in [5.41, 5.74) is 0.168. The summed E-state index contributed by atoms with van der Waals surface area (Å²) in [6.45, 7) is 5.39. The van der Waals surface area contributed by atoms with Gasteiger partial charge < -0.3 is 4.55 Å². The molecule has 0 bridgehead atoms. The van der Waals surface area contributed by atoms with Gasteiger partial charge in [-0.1, -0.05) is 22.1 Å². The average Bonchev–Trinajstić information content (AvgIpc) is 2.15. The van der Waals surface area contributed by atoms with Crippen LogP contribution in [0.2, 0.25) is 5.02 Å². The molecule has 5 heteroatoms. The Hall–Kier alpha value is -0.580. The fourth-order valence-electron chi connectivity index (χ4n) is 0.893. The first-order chi connectivity index (χ1) is 7.32. The molecule has 0 aliphatic carbocycles. The third-order valence-electron chi connectivity index (χ3n) is 1.80. The maximum absolute atomic E-state index is 13.3. The Morgan fingerprint density at radius 2 is 2.06 bits per heavy atom. The van der Waals surface area contributed by atoms with Gasteiger partial charge >= 0.3 is 0 Å². The summed E-state index contributed by atoms with van der Waals surface area (Å²) < 4.78 is 28.3. The molecule has 0 spiro atoms. The third-order valence-corrected chi connectivity index (χ3v) is 3.48. The topological polar surface area (TPSA) is 35.4 Å². The first-order valence-electron chi connectivity index (χ1n) is 4.72. The highest BCUT2D eigenvalue weighted by molar-refractivity contribution is 7.91. The number of halogens is 2. The zero-order valence-corrected chi connectivity index (χ0v) is 10.9. The number of hydrogen-bond donors (Lipinski definition) is 0. The lowest BCUT2D eigenvalue weighted by Crippen LogP contribution is -2.25. The van der Waals surface area contributed by atoms with E-state index < -0.39 is 21.9 Å². The molecule has 0 radical (unpaired) electrons. The summed E-state index contributed by atoms with van der Waals surface area (Å²) in [5, 5.41) is 0.259. The Balaban J connectivity index is 2.93. The van der Waals surface area contributed by atoms with Crippen molar-refractivity contribution in [3.63, 3.8) is 0 Å². The smallest absolute Gasteiger partial charge is 0.144 e. The van der Waals surface area contributed by atoms with Crippen molar-refractivity contribution in [1.82, 2.24) is 0 Å². The van der Waals surface area contributed by atoms with Crippen LogP contribution < -0.4 is 0 Å². The minimum Gasteiger partial charge on any atom is -0.591 e. The summed E-state index contributed by atoms with van der Waals surface area (Å²) in [5.74, 6) is -0.470. The summed E-state index contributed by atoms with van der Waals surface area (Å²) in [6.07, 6.45) is 1.22. The van der Waals surface area contributed by atoms with Crippen LogP contribution in [-0.2, 0) is 11.4 Å². The molecule has 1 unspecified atom stereocenters. The molecule has 0 saturated heterocycles. The Morgan fingerprint density at radius 1 is 1.44 bits per heavy atom. The second-order valence-electron chi connectivity index (χ2n) is 4.23. The second kappa shape index (κ2) is 5.17. The van der Waals surface area contributed by atoms with Gasteiger partial charge in [-0.05, 0) is 32.9 Å². The van der Waals surface area contributed by atoms with E-state index in [-0.39, 0.29) is 10.6 Å². The molecule has 1 atom stereocenters. The standard InChI is InChI=1S/C11H13ClFNOS/c1-11(2,3)16(15)14-7-8-9(12)5-4-6-10(8)13/h4-7H,1-3H3/b14-7+. The van der Waals surface area contributed by atoms with Gasteiger partial charge in [0.05, 0.1) is 16.8 Å². The molecule has 0 fully saturated rings. The Kier molecular flexibility index (Phi) is 4.35. The van der Waals surface area contributed by atoms with Crippen molar-refractivity contribution in [3.05, 3.63) is 34.6 Å². The highest BCUT2D eigenvalue weighted by atomic mass is 35.5. The lowest BCUT2D eigenvalue weighted by atomic mass is 10.2. The monoisotopic (exact) mass is 261 g/mol. The van der Waals surface area contributed by atoms with Crippen molar-refractivity contribution in [2.24, 2.45) is 4.40 Å². The summed E-state index contributed by atoms with van der Waals surface area (Å²) >= 11 is 4.39. The van der Waals surface area contributed by atoms with E-state index in [2.05, 4.69) is 4.40 Å². The number of benzene rings is 1. The molecule has 0 amide bonds. The summed E-state index contributed by atoms with van der Waals surface area (Å²) in [6, 6.07) is 4.36. The van der Waals surface area contributed by atoms with E-state index in [0.29, 0.717) is 0 Å². The van der Waals surface area contributed by atoms with Gasteiger partial charge in [0.1, 0.15) is 21.9 Å². The van der Waals surface area contributed by atoms with E-state index in [1.807, 2.05) is 0 Å². The van der Waals surface area contributed by atoms with E-state index in [1.165, 1.54) is 18.3 Å². The first kappa shape index (κ1) is 13.5. The van der Waals surface area contributed by atoms with Crippen LogP contribution in [-0.4, -0.2) is 15.5 Å². The molecule has 0 aromatic heterocycles. The maximum Gasteiger partial charge on any atom is 0.144 e. The van der Waals surface area contributed by atoms with Crippen molar-refractivity contribution in [2.45, 2.75) is 25.5 Å². The molecule has 0 saturated carbocycles. The largest absolute Gasteiger partial charge is 0.591 e. The van der Waals surface area contributed by atoms with Gasteiger partial charge in [0.25, 0.3) is 0 Å². The van der Waals surface area contributed by atoms with E-state index in [9.17, 15) is 8.94 Å². The zero-order valence-electron chi connectivity index (χ0n) is 9.33. The van der Waals surface area contributed by atoms with Crippen LogP contribution in [0.3, 0.4) is 0 Å². The third kappa shape index (κ3) is 3.47. The summed E-state index contributed by atoms with van der Waals surface area (Å²) in [7, 11) is 0. The predicted molar refractivity (Wildman–Crippen MR) is 66.9 cm³/mol. The normalized spacial score (nSPS) is 14.4. The number of hydrogen-bond acceptors (Lipinski definition) is 2. The molecule has 0 heterocycles. The molecule has 1 aromatic rings. The van der Waals surface area contributed by atoms with Crippen molar-refractivity contribution in [3.8, 4) is 0 Å². The Morgan fingerprint density at radius 3 is 2.56 bits per heavy atom. The summed E-state index contributed by atoms with van der Waals surface area (Å²) in [4.78, 5) is 0. The molecule has 88 valence electrons. The lowest BCUT2D eigenvalue weighted by molar-refractivity contribution is 0.561. The highest BCUT2D eigenvalue weighted by Crippen LogP contribution is 2.20. The molecular formula is C11H13ClFNOS. The lowest BCUT2D eigenvalue weighted by Gasteiger charge is -2.17. The van der Waals surface area contributed by atoms with Crippen LogP contribution in [0.25, 0.3) is 0 Å². The van der Waals surface area contributed by atoms with E-state index in [4.69, 9.17) is 11.6 Å². The van der Waals surface area contributed by atoms with Crippen molar-refractivity contribution >= 4 is 29.2 Å². The zero-order chi connectivity index (χ0) is 12.3. The predicted octanol–water partition coefficient (Wildman–Crippen LogP) is 3.36. The second-order valence-corrected chi connectivity index (χ2v) is 6.57. The minimum atomic E-state index is -1.41. The molecule has 0 aliphatic heterocycles. The van der Waals surface area contributed by atoms with Gasteiger partial charge in [-0.25, -0.2) is 4.39 Å². The molecule has 16 heavy (non-hydrogen) atoms. The van der Waals surface area contributed by atoms with Crippen LogP contribution >= 0.6 is 11.6 Å². The van der Waals surface area contributed by atoms with Crippen LogP contribution in [0.5, 0.6) is 0 Å². The van der Waals surface area contributed by atoms with Gasteiger partial charge in [0, 0.05) is 0 Å². The number of nitrogens with zero attached hydrogens (tertiary/aromatic N) is 1. The number of rotatable bonds is 2. The average molecular weight is 262 g/mol. The molecule has 0 N–H and O–H groups in total. The Bertz CT molecular complexity index is 383. The van der Waals surface area contributed by atoms with Gasteiger partial charge in [0.15, 0.2) is 0 Å². The van der Waals surface area contributed by atoms with Crippen LogP contribution in [0.4, 0.5) is 4.39 Å². The van der Waals surface area contributed by atoms with E-state index in [0.717, 1.165) is 0 Å². The van der Waals surface area contributed by atoms with Gasteiger partial charge in [0.2, 0.25) is 0 Å². The first-order valence-corrected chi connectivity index (χ1v) is 6.21. The maximum atomic E-state index is 13.3. The molecule has 1 rings (SSSR count). The van der Waals surface area contributed by atoms with Crippen molar-refractivity contribution < 1.29 is 8.94 Å². The minimum absolute atomic E-state index is 0.168. The Labute approximate surface area is 103 Å². The van der Waals surface area contributed by atoms with E-state index in [1.54, 1.807) is 26.8 Å². The van der Waals surface area contributed by atoms with E-state index >= 15 is 0 Å². The quantitative estimate of drug-likeness (QED) is 0.594. The fraction of sp³-hybridized carbons (Fsp3) is 0.364. The van der Waals surface area contributed by atoms with Crippen LogP contribution in [0, 0.1) is 5.82 Å². The fourth-order valence-corrected chi connectivity index (χ4v) is 1.62. The van der Waals surface area contributed by atoms with Gasteiger partial charge in [-0.15, -0.1) is 0 Å². The highest BCUT2D eigenvalue weighted by Gasteiger charge is 2.26. The van der Waals surface area contributed by atoms with Gasteiger partial charge in [-0.3, -0.25) is 0 Å².